The number of carbonyl (C=O) groups excluding carboxylic acids is 2. The fourth-order valence-corrected chi connectivity index (χ4v) is 3.55. The Hall–Kier alpha value is -3.07. The van der Waals surface area contributed by atoms with E-state index >= 15 is 0 Å². The lowest BCUT2D eigenvalue weighted by Crippen LogP contribution is -2.33. The van der Waals surface area contributed by atoms with Gasteiger partial charge in [0.25, 0.3) is 5.91 Å². The maximum Gasteiger partial charge on any atom is 0.345 e. The maximum atomic E-state index is 12.6. The van der Waals surface area contributed by atoms with E-state index in [2.05, 4.69) is 26.5 Å². The molecule has 0 spiro atoms. The average Bonchev–Trinajstić information content (AvgIpc) is 2.82. The van der Waals surface area contributed by atoms with Gasteiger partial charge in [-0.15, -0.1) is 0 Å². The molecular weight excluding hydrogens is 559 g/mol. The molecule has 1 amide bonds. The summed E-state index contributed by atoms with van der Waals surface area (Å²) < 4.78 is 17.6. The molecule has 0 saturated heterocycles. The van der Waals surface area contributed by atoms with Crippen molar-refractivity contribution in [1.29, 1.82) is 0 Å². The molecule has 0 aliphatic carbocycles. The SMILES string of the molecule is CCOc1cc(/C=N/NC(=O)C(C)Oc2ccc(Br)cc2)ccc1OC(=O)c1ccc(Cl)cc1Cl. The third-order valence-electron chi connectivity index (χ3n) is 4.51. The van der Waals surface area contributed by atoms with E-state index in [-0.39, 0.29) is 16.3 Å². The van der Waals surface area contributed by atoms with E-state index in [1.807, 2.05) is 12.1 Å². The van der Waals surface area contributed by atoms with Crippen LogP contribution >= 0.6 is 39.1 Å². The van der Waals surface area contributed by atoms with Gasteiger partial charge in [-0.05, 0) is 80.1 Å². The molecule has 0 fully saturated rings. The Morgan fingerprint density at radius 1 is 1.06 bits per heavy atom. The minimum absolute atomic E-state index is 0.173. The van der Waals surface area contributed by atoms with Gasteiger partial charge in [0.05, 0.1) is 23.4 Å². The highest BCUT2D eigenvalue weighted by Crippen LogP contribution is 2.30. The van der Waals surface area contributed by atoms with Crippen LogP contribution in [0.15, 0.2) is 70.2 Å². The molecule has 7 nitrogen and oxygen atoms in total. The molecule has 1 atom stereocenters. The summed E-state index contributed by atoms with van der Waals surface area (Å²) in [6.07, 6.45) is 0.683. The van der Waals surface area contributed by atoms with Gasteiger partial charge < -0.3 is 14.2 Å². The van der Waals surface area contributed by atoms with Crippen molar-refractivity contribution in [2.75, 3.05) is 6.61 Å². The Kier molecular flexibility index (Phi) is 9.54. The Balaban J connectivity index is 1.64. The molecule has 0 bridgehead atoms. The minimum atomic E-state index is -0.756. The van der Waals surface area contributed by atoms with Gasteiger partial charge in [0.15, 0.2) is 17.6 Å². The fourth-order valence-electron chi connectivity index (χ4n) is 2.80. The highest BCUT2D eigenvalue weighted by molar-refractivity contribution is 9.10. The van der Waals surface area contributed by atoms with Crippen molar-refractivity contribution in [3.8, 4) is 17.2 Å². The number of hydrazone groups is 1. The molecule has 35 heavy (non-hydrogen) atoms. The van der Waals surface area contributed by atoms with Gasteiger partial charge in [-0.3, -0.25) is 4.79 Å². The van der Waals surface area contributed by atoms with Crippen molar-refractivity contribution >= 4 is 57.2 Å². The lowest BCUT2D eigenvalue weighted by Gasteiger charge is -2.13. The number of nitrogens with one attached hydrogen (secondary N) is 1. The summed E-state index contributed by atoms with van der Waals surface area (Å²) in [7, 11) is 0. The van der Waals surface area contributed by atoms with Gasteiger partial charge in [0.1, 0.15) is 5.75 Å². The largest absolute Gasteiger partial charge is 0.490 e. The van der Waals surface area contributed by atoms with Crippen molar-refractivity contribution < 1.29 is 23.8 Å². The van der Waals surface area contributed by atoms with Gasteiger partial charge in [-0.2, -0.15) is 5.10 Å². The lowest BCUT2D eigenvalue weighted by molar-refractivity contribution is -0.127. The number of amides is 1. The van der Waals surface area contributed by atoms with Crippen LogP contribution in [0, 0.1) is 0 Å². The third kappa shape index (κ3) is 7.71. The summed E-state index contributed by atoms with van der Waals surface area (Å²) in [6, 6.07) is 16.5. The number of hydrogen-bond acceptors (Lipinski definition) is 6. The Morgan fingerprint density at radius 3 is 2.49 bits per heavy atom. The summed E-state index contributed by atoms with van der Waals surface area (Å²) in [6.45, 7) is 3.76. The molecule has 0 saturated carbocycles. The Bertz CT molecular complexity index is 1240. The van der Waals surface area contributed by atoms with Crippen LogP contribution in [0.1, 0.15) is 29.8 Å². The maximum absolute atomic E-state index is 12.6. The first-order valence-electron chi connectivity index (χ1n) is 10.5. The predicted octanol–water partition coefficient (Wildman–Crippen LogP) is 6.29. The fraction of sp³-hybridized carbons (Fsp3) is 0.160. The van der Waals surface area contributed by atoms with E-state index in [0.29, 0.717) is 28.7 Å². The van der Waals surface area contributed by atoms with E-state index in [9.17, 15) is 9.59 Å². The van der Waals surface area contributed by atoms with Crippen LogP contribution in [0.4, 0.5) is 0 Å². The first kappa shape index (κ1) is 26.5. The van der Waals surface area contributed by atoms with Crippen LogP contribution in [0.2, 0.25) is 10.0 Å². The van der Waals surface area contributed by atoms with Crippen molar-refractivity contribution in [1.82, 2.24) is 5.43 Å². The normalized spacial score (nSPS) is 11.7. The number of benzene rings is 3. The summed E-state index contributed by atoms with van der Waals surface area (Å²) in [4.78, 5) is 24.8. The van der Waals surface area contributed by atoms with E-state index in [4.69, 9.17) is 37.4 Å². The Labute approximate surface area is 221 Å². The second-order valence-electron chi connectivity index (χ2n) is 7.10. The summed E-state index contributed by atoms with van der Waals surface area (Å²) in [5, 5.41) is 4.56. The van der Waals surface area contributed by atoms with Gasteiger partial charge >= 0.3 is 5.97 Å². The molecule has 0 aliphatic heterocycles. The summed E-state index contributed by atoms with van der Waals surface area (Å²) >= 11 is 15.3. The smallest absolute Gasteiger partial charge is 0.345 e. The van der Waals surface area contributed by atoms with Crippen molar-refractivity contribution in [2.45, 2.75) is 20.0 Å². The van der Waals surface area contributed by atoms with Crippen LogP contribution in [0.25, 0.3) is 0 Å². The number of rotatable bonds is 9. The molecule has 1 N–H and O–H groups in total. The van der Waals surface area contributed by atoms with E-state index in [1.165, 1.54) is 18.3 Å². The predicted molar refractivity (Wildman–Crippen MR) is 139 cm³/mol. The van der Waals surface area contributed by atoms with Gasteiger partial charge in [0.2, 0.25) is 0 Å². The number of esters is 1. The molecule has 0 aromatic heterocycles. The number of ether oxygens (including phenoxy) is 3. The molecule has 3 rings (SSSR count). The van der Waals surface area contributed by atoms with Gasteiger partial charge in [-0.1, -0.05) is 39.1 Å². The number of carbonyl (C=O) groups is 2. The molecule has 182 valence electrons. The van der Waals surface area contributed by atoms with Crippen LogP contribution < -0.4 is 19.6 Å². The summed E-state index contributed by atoms with van der Waals surface area (Å²) in [5.41, 5.74) is 3.22. The van der Waals surface area contributed by atoms with Gasteiger partial charge in [-0.25, -0.2) is 10.2 Å². The molecular formula is C25H21BrCl2N2O5. The third-order valence-corrected chi connectivity index (χ3v) is 5.58. The first-order valence-corrected chi connectivity index (χ1v) is 12.0. The first-order chi connectivity index (χ1) is 16.8. The van der Waals surface area contributed by atoms with Crippen molar-refractivity contribution in [3.63, 3.8) is 0 Å². The molecule has 0 radical (unpaired) electrons. The average molecular weight is 580 g/mol. The lowest BCUT2D eigenvalue weighted by atomic mass is 10.2. The van der Waals surface area contributed by atoms with E-state index in [0.717, 1.165) is 4.47 Å². The molecule has 3 aromatic rings. The van der Waals surface area contributed by atoms with Crippen LogP contribution in [-0.2, 0) is 4.79 Å². The second-order valence-corrected chi connectivity index (χ2v) is 8.86. The van der Waals surface area contributed by atoms with Crippen LogP contribution in [0.5, 0.6) is 17.2 Å². The second kappa shape index (κ2) is 12.6. The van der Waals surface area contributed by atoms with Crippen LogP contribution in [-0.4, -0.2) is 30.8 Å². The molecule has 0 heterocycles. The highest BCUT2D eigenvalue weighted by Gasteiger charge is 2.17. The highest BCUT2D eigenvalue weighted by atomic mass is 79.9. The minimum Gasteiger partial charge on any atom is -0.490 e. The molecule has 10 heteroatoms. The molecule has 0 aliphatic rings. The number of halogens is 3. The van der Waals surface area contributed by atoms with E-state index in [1.54, 1.807) is 50.2 Å². The summed E-state index contributed by atoms with van der Waals surface area (Å²) in [5.74, 6) is 0.0283. The van der Waals surface area contributed by atoms with Gasteiger partial charge in [0, 0.05) is 9.50 Å². The zero-order valence-electron chi connectivity index (χ0n) is 18.8. The monoisotopic (exact) mass is 578 g/mol. The molecule has 1 unspecified atom stereocenters. The number of hydrogen-bond donors (Lipinski definition) is 1. The Morgan fingerprint density at radius 2 is 1.80 bits per heavy atom. The van der Waals surface area contributed by atoms with E-state index < -0.39 is 18.0 Å². The topological polar surface area (TPSA) is 86.2 Å². The zero-order valence-corrected chi connectivity index (χ0v) is 21.9. The molecule has 3 aromatic carbocycles. The van der Waals surface area contributed by atoms with Crippen LogP contribution in [0.3, 0.4) is 0 Å². The standard InChI is InChI=1S/C25H21BrCl2N2O5/c1-3-33-23-12-16(4-11-22(23)35-25(32)20-10-7-18(27)13-21(20)28)14-29-30-24(31)15(2)34-19-8-5-17(26)6-9-19/h4-15H,3H2,1-2H3,(H,30,31)/b29-14+. The zero-order chi connectivity index (χ0) is 25.4. The van der Waals surface area contributed by atoms with Crippen molar-refractivity contribution in [2.24, 2.45) is 5.10 Å². The quantitative estimate of drug-likeness (QED) is 0.139. The van der Waals surface area contributed by atoms with Crippen molar-refractivity contribution in [3.05, 3.63) is 86.3 Å². The number of nitrogens with zero attached hydrogens (tertiary/aromatic N) is 1.